The summed E-state index contributed by atoms with van der Waals surface area (Å²) in [5, 5.41) is 11.2. The van der Waals surface area contributed by atoms with Gasteiger partial charge in [-0.05, 0) is 42.5 Å². The lowest BCUT2D eigenvalue weighted by atomic mass is 10.1. The topological polar surface area (TPSA) is 88.1 Å². The van der Waals surface area contributed by atoms with E-state index in [-0.39, 0.29) is 12.5 Å². The zero-order valence-electron chi connectivity index (χ0n) is 11.0. The molecule has 0 saturated carbocycles. The number of nitrogens with two attached hydrogens (primary N) is 1. The average Bonchev–Trinajstić information content (AvgIpc) is 2.46. The maximum absolute atomic E-state index is 12.1. The molecule has 0 saturated heterocycles. The molecule has 0 radical (unpaired) electrons. The zero-order valence-corrected chi connectivity index (χ0v) is 12.6. The number of hydrogen-bond donors (Lipinski definition) is 2. The van der Waals surface area contributed by atoms with Crippen LogP contribution in [0.25, 0.3) is 0 Å². The van der Waals surface area contributed by atoms with Gasteiger partial charge in [0.1, 0.15) is 11.8 Å². The first-order valence-corrected chi connectivity index (χ1v) is 6.85. The Hall–Kier alpha value is -2.52. The SMILES string of the molecule is N#CCOc1ccc(NC(=O)c2ccc(Br)cc2N)cc1. The van der Waals surface area contributed by atoms with Crippen molar-refractivity contribution >= 4 is 33.2 Å². The van der Waals surface area contributed by atoms with Crippen molar-refractivity contribution in [2.75, 3.05) is 17.7 Å². The van der Waals surface area contributed by atoms with Gasteiger partial charge < -0.3 is 15.8 Å². The molecule has 0 aliphatic carbocycles. The van der Waals surface area contributed by atoms with Gasteiger partial charge in [-0.15, -0.1) is 0 Å². The molecule has 5 nitrogen and oxygen atoms in total. The molecule has 0 unspecified atom stereocenters. The Labute approximate surface area is 130 Å². The monoisotopic (exact) mass is 345 g/mol. The van der Waals surface area contributed by atoms with Crippen LogP contribution in [0.5, 0.6) is 5.75 Å². The minimum Gasteiger partial charge on any atom is -0.479 e. The van der Waals surface area contributed by atoms with Gasteiger partial charge in [0, 0.05) is 15.8 Å². The average molecular weight is 346 g/mol. The van der Waals surface area contributed by atoms with Crippen LogP contribution in [0.2, 0.25) is 0 Å². The van der Waals surface area contributed by atoms with Crippen LogP contribution in [0.4, 0.5) is 11.4 Å². The van der Waals surface area contributed by atoms with Crippen molar-refractivity contribution in [3.8, 4) is 11.8 Å². The molecule has 2 aromatic rings. The molecular formula is C15H12BrN3O2. The molecule has 0 spiro atoms. The lowest BCUT2D eigenvalue weighted by Crippen LogP contribution is -2.13. The van der Waals surface area contributed by atoms with E-state index in [1.807, 2.05) is 6.07 Å². The smallest absolute Gasteiger partial charge is 0.257 e. The van der Waals surface area contributed by atoms with Crippen LogP contribution in [0, 0.1) is 11.3 Å². The van der Waals surface area contributed by atoms with Crippen LogP contribution in [-0.2, 0) is 0 Å². The van der Waals surface area contributed by atoms with E-state index in [2.05, 4.69) is 21.2 Å². The van der Waals surface area contributed by atoms with E-state index in [9.17, 15) is 4.79 Å². The minimum absolute atomic E-state index is 0.0128. The van der Waals surface area contributed by atoms with Gasteiger partial charge >= 0.3 is 0 Å². The lowest BCUT2D eigenvalue weighted by Gasteiger charge is -2.08. The number of nitrogens with zero attached hydrogens (tertiary/aromatic N) is 1. The first-order chi connectivity index (χ1) is 10.1. The normalized spacial score (nSPS) is 9.71. The number of halogens is 1. The molecule has 2 rings (SSSR count). The molecule has 0 aliphatic rings. The van der Waals surface area contributed by atoms with E-state index in [1.54, 1.807) is 42.5 Å². The predicted octanol–water partition coefficient (Wildman–Crippen LogP) is 3.19. The molecular weight excluding hydrogens is 334 g/mol. The molecule has 0 heterocycles. The van der Waals surface area contributed by atoms with Crippen molar-refractivity contribution in [1.82, 2.24) is 0 Å². The van der Waals surface area contributed by atoms with Crippen molar-refractivity contribution in [3.05, 3.63) is 52.5 Å². The number of benzene rings is 2. The zero-order chi connectivity index (χ0) is 15.2. The number of ether oxygens (including phenoxy) is 1. The Bertz CT molecular complexity index is 693. The summed E-state index contributed by atoms with van der Waals surface area (Å²) in [7, 11) is 0. The Balaban J connectivity index is 2.07. The van der Waals surface area contributed by atoms with Crippen molar-refractivity contribution in [1.29, 1.82) is 5.26 Å². The summed E-state index contributed by atoms with van der Waals surface area (Å²) in [4.78, 5) is 12.1. The van der Waals surface area contributed by atoms with Crippen LogP contribution in [0.15, 0.2) is 46.9 Å². The van der Waals surface area contributed by atoms with Gasteiger partial charge in [0.2, 0.25) is 0 Å². The molecule has 0 aliphatic heterocycles. The molecule has 106 valence electrons. The fourth-order valence-electron chi connectivity index (χ4n) is 1.69. The van der Waals surface area contributed by atoms with Gasteiger partial charge in [-0.1, -0.05) is 15.9 Å². The summed E-state index contributed by atoms with van der Waals surface area (Å²) in [5.41, 5.74) is 7.24. The highest BCUT2D eigenvalue weighted by Crippen LogP contribution is 2.21. The highest BCUT2D eigenvalue weighted by molar-refractivity contribution is 9.10. The molecule has 2 aromatic carbocycles. The van der Waals surface area contributed by atoms with Gasteiger partial charge in [0.05, 0.1) is 5.56 Å². The van der Waals surface area contributed by atoms with Gasteiger partial charge in [-0.2, -0.15) is 5.26 Å². The van der Waals surface area contributed by atoms with Crippen LogP contribution in [0.3, 0.4) is 0 Å². The number of nitrogens with one attached hydrogen (secondary N) is 1. The fourth-order valence-corrected chi connectivity index (χ4v) is 2.07. The van der Waals surface area contributed by atoms with Gasteiger partial charge in [-0.25, -0.2) is 0 Å². The Morgan fingerprint density at radius 1 is 1.29 bits per heavy atom. The predicted molar refractivity (Wildman–Crippen MR) is 84.1 cm³/mol. The molecule has 0 fully saturated rings. The maximum atomic E-state index is 12.1. The third-order valence-corrected chi connectivity index (χ3v) is 3.17. The van der Waals surface area contributed by atoms with Crippen LogP contribution >= 0.6 is 15.9 Å². The first kappa shape index (κ1) is 14.9. The van der Waals surface area contributed by atoms with Crippen molar-refractivity contribution in [2.45, 2.75) is 0 Å². The summed E-state index contributed by atoms with van der Waals surface area (Å²) in [6.45, 7) is -0.0128. The Morgan fingerprint density at radius 3 is 2.62 bits per heavy atom. The number of amides is 1. The third kappa shape index (κ3) is 3.97. The van der Waals surface area contributed by atoms with Crippen LogP contribution in [0.1, 0.15) is 10.4 Å². The second-order valence-electron chi connectivity index (χ2n) is 4.16. The summed E-state index contributed by atoms with van der Waals surface area (Å²) in [6, 6.07) is 13.7. The Morgan fingerprint density at radius 2 is 2.00 bits per heavy atom. The standard InChI is InChI=1S/C15H12BrN3O2/c16-10-1-6-13(14(18)9-10)15(20)19-11-2-4-12(5-3-11)21-8-7-17/h1-6,9H,8,18H2,(H,19,20). The van der Waals surface area contributed by atoms with Gasteiger partial charge in [0.25, 0.3) is 5.91 Å². The molecule has 21 heavy (non-hydrogen) atoms. The number of hydrogen-bond acceptors (Lipinski definition) is 4. The summed E-state index contributed by atoms with van der Waals surface area (Å²) < 4.78 is 5.95. The van der Waals surface area contributed by atoms with Crippen LogP contribution in [-0.4, -0.2) is 12.5 Å². The third-order valence-electron chi connectivity index (χ3n) is 2.67. The minimum atomic E-state index is -0.286. The summed E-state index contributed by atoms with van der Waals surface area (Å²) >= 11 is 3.29. The van der Waals surface area contributed by atoms with E-state index in [0.29, 0.717) is 22.7 Å². The quantitative estimate of drug-likeness (QED) is 0.833. The highest BCUT2D eigenvalue weighted by atomic mass is 79.9. The molecule has 0 bridgehead atoms. The fraction of sp³-hybridized carbons (Fsp3) is 0.0667. The van der Waals surface area contributed by atoms with Crippen molar-refractivity contribution in [2.24, 2.45) is 0 Å². The number of nitriles is 1. The molecule has 0 atom stereocenters. The van der Waals surface area contributed by atoms with Crippen molar-refractivity contribution in [3.63, 3.8) is 0 Å². The van der Waals surface area contributed by atoms with Crippen molar-refractivity contribution < 1.29 is 9.53 Å². The number of rotatable bonds is 4. The van der Waals surface area contributed by atoms with E-state index in [0.717, 1.165) is 4.47 Å². The lowest BCUT2D eigenvalue weighted by molar-refractivity contribution is 0.102. The van der Waals surface area contributed by atoms with Gasteiger partial charge in [-0.3, -0.25) is 4.79 Å². The summed E-state index contributed by atoms with van der Waals surface area (Å²) in [5.74, 6) is 0.281. The first-order valence-electron chi connectivity index (χ1n) is 6.06. The number of nitrogen functional groups attached to an aromatic ring is 1. The Kier molecular flexibility index (Phi) is 4.80. The molecule has 3 N–H and O–H groups in total. The highest BCUT2D eigenvalue weighted by Gasteiger charge is 2.10. The number of carbonyl (C=O) groups is 1. The molecule has 0 aromatic heterocycles. The number of anilines is 2. The second kappa shape index (κ2) is 6.77. The largest absolute Gasteiger partial charge is 0.479 e. The van der Waals surface area contributed by atoms with E-state index >= 15 is 0 Å². The molecule has 6 heteroatoms. The van der Waals surface area contributed by atoms with Gasteiger partial charge in [0.15, 0.2) is 6.61 Å². The molecule has 1 amide bonds. The van der Waals surface area contributed by atoms with Crippen LogP contribution < -0.4 is 15.8 Å². The van der Waals surface area contributed by atoms with E-state index in [4.69, 9.17) is 15.7 Å². The van der Waals surface area contributed by atoms with E-state index < -0.39 is 0 Å². The summed E-state index contributed by atoms with van der Waals surface area (Å²) in [6.07, 6.45) is 0. The maximum Gasteiger partial charge on any atom is 0.257 e. The second-order valence-corrected chi connectivity index (χ2v) is 5.07. The van der Waals surface area contributed by atoms with E-state index in [1.165, 1.54) is 0 Å². The number of carbonyl (C=O) groups excluding carboxylic acids is 1.